The molecule has 1 aliphatic rings. The van der Waals surface area contributed by atoms with Crippen LogP contribution in [0.2, 0.25) is 0 Å². The van der Waals surface area contributed by atoms with E-state index >= 15 is 0 Å². The fourth-order valence-electron chi connectivity index (χ4n) is 3.25. The third-order valence-corrected chi connectivity index (χ3v) is 4.70. The van der Waals surface area contributed by atoms with E-state index < -0.39 is 0 Å². The first kappa shape index (κ1) is 19.1. The zero-order valence-corrected chi connectivity index (χ0v) is 15.4. The molecule has 2 aromatic rings. The molecule has 1 aliphatic heterocycles. The SMILES string of the molecule is O=C1CC(c2ccccc2)NCCCCN(C(=O)c2ccno2)CCCN1. The number of amides is 2. The van der Waals surface area contributed by atoms with Crippen molar-refractivity contribution >= 4 is 11.8 Å². The highest BCUT2D eigenvalue weighted by molar-refractivity contribution is 5.91. The summed E-state index contributed by atoms with van der Waals surface area (Å²) in [6, 6.07) is 11.6. The van der Waals surface area contributed by atoms with Crippen molar-refractivity contribution in [2.75, 3.05) is 26.2 Å². The van der Waals surface area contributed by atoms with E-state index in [0.29, 0.717) is 32.5 Å². The summed E-state index contributed by atoms with van der Waals surface area (Å²) in [6.45, 7) is 2.57. The molecule has 0 spiro atoms. The second kappa shape index (κ2) is 9.87. The van der Waals surface area contributed by atoms with Crippen molar-refractivity contribution in [2.45, 2.75) is 31.7 Å². The van der Waals surface area contributed by atoms with Gasteiger partial charge in [-0.3, -0.25) is 9.59 Å². The first-order valence-corrected chi connectivity index (χ1v) is 9.49. The first-order valence-electron chi connectivity index (χ1n) is 9.49. The number of carbonyl (C=O) groups excluding carboxylic acids is 2. The Bertz CT molecular complexity index is 718. The van der Waals surface area contributed by atoms with Gasteiger partial charge in [-0.2, -0.15) is 0 Å². The molecule has 2 amide bonds. The van der Waals surface area contributed by atoms with Gasteiger partial charge < -0.3 is 20.1 Å². The fraction of sp³-hybridized carbons (Fsp3) is 0.450. The quantitative estimate of drug-likeness (QED) is 0.846. The molecular weight excluding hydrogens is 344 g/mol. The zero-order chi connectivity index (χ0) is 18.9. The van der Waals surface area contributed by atoms with Crippen LogP contribution >= 0.6 is 0 Å². The van der Waals surface area contributed by atoms with Crippen molar-refractivity contribution in [3.8, 4) is 0 Å². The summed E-state index contributed by atoms with van der Waals surface area (Å²) in [4.78, 5) is 26.6. The van der Waals surface area contributed by atoms with Crippen LogP contribution in [0, 0.1) is 0 Å². The fourth-order valence-corrected chi connectivity index (χ4v) is 3.25. The van der Waals surface area contributed by atoms with Crippen LogP contribution in [-0.2, 0) is 4.79 Å². The lowest BCUT2D eigenvalue weighted by Crippen LogP contribution is -2.35. The van der Waals surface area contributed by atoms with Crippen molar-refractivity contribution in [1.29, 1.82) is 0 Å². The van der Waals surface area contributed by atoms with Crippen molar-refractivity contribution in [3.63, 3.8) is 0 Å². The van der Waals surface area contributed by atoms with Crippen LogP contribution in [0.3, 0.4) is 0 Å². The van der Waals surface area contributed by atoms with Crippen LogP contribution in [0.25, 0.3) is 0 Å². The molecule has 7 heteroatoms. The Kier molecular flexibility index (Phi) is 6.98. The third-order valence-electron chi connectivity index (χ3n) is 4.70. The molecule has 1 saturated heterocycles. The van der Waals surface area contributed by atoms with E-state index in [1.165, 1.54) is 6.20 Å². The number of aromatic nitrogens is 1. The molecule has 7 nitrogen and oxygen atoms in total. The van der Waals surface area contributed by atoms with Gasteiger partial charge in [0, 0.05) is 38.2 Å². The molecule has 27 heavy (non-hydrogen) atoms. The third kappa shape index (κ3) is 5.65. The molecule has 144 valence electrons. The Morgan fingerprint density at radius 3 is 2.67 bits per heavy atom. The average Bonchev–Trinajstić information content (AvgIpc) is 3.23. The Hall–Kier alpha value is -2.67. The van der Waals surface area contributed by atoms with Gasteiger partial charge in [0.15, 0.2) is 0 Å². The van der Waals surface area contributed by atoms with Crippen molar-refractivity contribution in [1.82, 2.24) is 20.7 Å². The second-order valence-electron chi connectivity index (χ2n) is 6.70. The van der Waals surface area contributed by atoms with Gasteiger partial charge >= 0.3 is 0 Å². The van der Waals surface area contributed by atoms with E-state index in [-0.39, 0.29) is 23.6 Å². The topological polar surface area (TPSA) is 87.5 Å². The van der Waals surface area contributed by atoms with Gasteiger partial charge in [0.1, 0.15) is 0 Å². The molecule has 0 aliphatic carbocycles. The molecule has 3 rings (SSSR count). The summed E-state index contributed by atoms with van der Waals surface area (Å²) in [5.74, 6) is 0.123. The molecule has 1 atom stereocenters. The molecule has 1 unspecified atom stereocenters. The predicted molar refractivity (Wildman–Crippen MR) is 101 cm³/mol. The van der Waals surface area contributed by atoms with Gasteiger partial charge in [0.2, 0.25) is 11.7 Å². The van der Waals surface area contributed by atoms with Gasteiger partial charge in [-0.15, -0.1) is 0 Å². The Balaban J connectivity index is 1.62. The maximum Gasteiger partial charge on any atom is 0.292 e. The predicted octanol–water partition coefficient (Wildman–Crippen LogP) is 2.14. The van der Waals surface area contributed by atoms with E-state index in [9.17, 15) is 9.59 Å². The molecule has 0 bridgehead atoms. The van der Waals surface area contributed by atoms with E-state index in [1.807, 2.05) is 30.3 Å². The molecule has 1 fully saturated rings. The lowest BCUT2D eigenvalue weighted by atomic mass is 10.0. The maximum atomic E-state index is 12.5. The summed E-state index contributed by atoms with van der Waals surface area (Å²) < 4.78 is 5.00. The second-order valence-corrected chi connectivity index (χ2v) is 6.70. The average molecular weight is 370 g/mol. The Morgan fingerprint density at radius 2 is 1.89 bits per heavy atom. The minimum atomic E-state index is -0.149. The largest absolute Gasteiger partial charge is 0.356 e. The lowest BCUT2D eigenvalue weighted by Gasteiger charge is -2.21. The van der Waals surface area contributed by atoms with Gasteiger partial charge in [-0.25, -0.2) is 0 Å². The smallest absolute Gasteiger partial charge is 0.292 e. The van der Waals surface area contributed by atoms with E-state index in [0.717, 1.165) is 24.9 Å². The number of hydrogen-bond donors (Lipinski definition) is 2. The first-order chi connectivity index (χ1) is 13.2. The summed E-state index contributed by atoms with van der Waals surface area (Å²) in [5, 5.41) is 10.1. The highest BCUT2D eigenvalue weighted by atomic mass is 16.5. The minimum Gasteiger partial charge on any atom is -0.356 e. The Labute approximate surface area is 159 Å². The van der Waals surface area contributed by atoms with Crippen LogP contribution in [0.5, 0.6) is 0 Å². The maximum absolute atomic E-state index is 12.5. The van der Waals surface area contributed by atoms with E-state index in [1.54, 1.807) is 11.0 Å². The number of nitrogens with one attached hydrogen (secondary N) is 2. The molecule has 1 aromatic heterocycles. The van der Waals surface area contributed by atoms with Gasteiger partial charge in [0.05, 0.1) is 6.20 Å². The van der Waals surface area contributed by atoms with Crippen LogP contribution < -0.4 is 10.6 Å². The van der Waals surface area contributed by atoms with Gasteiger partial charge in [-0.05, 0) is 31.4 Å². The summed E-state index contributed by atoms with van der Waals surface area (Å²) >= 11 is 0. The minimum absolute atomic E-state index is 0.00104. The van der Waals surface area contributed by atoms with E-state index in [4.69, 9.17) is 4.52 Å². The van der Waals surface area contributed by atoms with Gasteiger partial charge in [0.25, 0.3) is 5.91 Å². The van der Waals surface area contributed by atoms with Crippen LogP contribution in [0.4, 0.5) is 0 Å². The number of carbonyl (C=O) groups is 2. The van der Waals surface area contributed by atoms with Crippen molar-refractivity contribution < 1.29 is 14.1 Å². The standard InChI is InChI=1S/C20H26N4O3/c25-19-15-17(16-7-2-1-3-8-16)21-10-4-5-13-24(14-6-11-22-19)20(26)18-9-12-23-27-18/h1-3,7-9,12,17,21H,4-6,10-11,13-15H2,(H,22,25). The van der Waals surface area contributed by atoms with Crippen LogP contribution in [0.15, 0.2) is 47.1 Å². The van der Waals surface area contributed by atoms with Gasteiger partial charge in [-0.1, -0.05) is 35.5 Å². The zero-order valence-electron chi connectivity index (χ0n) is 15.4. The highest BCUT2D eigenvalue weighted by Gasteiger charge is 2.20. The molecule has 0 saturated carbocycles. The normalized spacial score (nSPS) is 20.1. The highest BCUT2D eigenvalue weighted by Crippen LogP contribution is 2.17. The Morgan fingerprint density at radius 1 is 1.07 bits per heavy atom. The molecule has 2 N–H and O–H groups in total. The molecule has 1 aromatic carbocycles. The summed E-state index contributed by atoms with van der Waals surface area (Å²) in [6.07, 6.45) is 4.39. The van der Waals surface area contributed by atoms with E-state index in [2.05, 4.69) is 15.8 Å². The molecule has 0 radical (unpaired) electrons. The number of nitrogens with zero attached hydrogens (tertiary/aromatic N) is 2. The van der Waals surface area contributed by atoms with Crippen LogP contribution in [-0.4, -0.2) is 48.0 Å². The lowest BCUT2D eigenvalue weighted by molar-refractivity contribution is -0.121. The monoisotopic (exact) mass is 370 g/mol. The number of rotatable bonds is 2. The number of hydrogen-bond acceptors (Lipinski definition) is 5. The summed E-state index contributed by atoms with van der Waals surface area (Å²) in [7, 11) is 0. The van der Waals surface area contributed by atoms with Crippen molar-refractivity contribution in [3.05, 3.63) is 53.9 Å². The molecular formula is C20H26N4O3. The van der Waals surface area contributed by atoms with Crippen LogP contribution in [0.1, 0.15) is 47.8 Å². The summed E-state index contributed by atoms with van der Waals surface area (Å²) in [5.41, 5.74) is 1.12. The number of benzene rings is 1. The molecule has 2 heterocycles. The van der Waals surface area contributed by atoms with Crippen molar-refractivity contribution in [2.24, 2.45) is 0 Å².